The number of aliphatic carboxylic acids is 1. The molecule has 1 saturated heterocycles. The molecular formula is C24H28N2O9. The van der Waals surface area contributed by atoms with E-state index in [1.54, 1.807) is 24.3 Å². The van der Waals surface area contributed by atoms with E-state index in [-0.39, 0.29) is 0 Å². The third-order valence-corrected chi connectivity index (χ3v) is 5.75. The van der Waals surface area contributed by atoms with Crippen molar-refractivity contribution in [1.82, 2.24) is 10.6 Å². The van der Waals surface area contributed by atoms with Gasteiger partial charge in [0.1, 0.15) is 12.2 Å². The largest absolute Gasteiger partial charge is 0.477 e. The van der Waals surface area contributed by atoms with Crippen LogP contribution < -0.4 is 10.6 Å². The zero-order valence-corrected chi connectivity index (χ0v) is 18.9. The summed E-state index contributed by atoms with van der Waals surface area (Å²) in [5.41, 5.74) is 2.18. The first-order valence-corrected chi connectivity index (χ1v) is 10.9. The van der Waals surface area contributed by atoms with Crippen LogP contribution in [0.2, 0.25) is 0 Å². The molecule has 7 N–H and O–H groups in total. The average molecular weight is 488 g/mol. The average Bonchev–Trinajstić information content (AvgIpc) is 2.83. The molecule has 2 aromatic carbocycles. The fraction of sp³-hybridized carbons (Fsp3) is 0.375. The van der Waals surface area contributed by atoms with E-state index in [1.165, 1.54) is 0 Å². The van der Waals surface area contributed by atoms with Crippen LogP contribution in [0.25, 0.3) is 11.1 Å². The molecule has 6 atom stereocenters. The zero-order valence-electron chi connectivity index (χ0n) is 18.9. The van der Waals surface area contributed by atoms with Gasteiger partial charge in [-0.1, -0.05) is 42.5 Å². The van der Waals surface area contributed by atoms with Gasteiger partial charge in [-0.25, -0.2) is 4.79 Å². The summed E-state index contributed by atoms with van der Waals surface area (Å²) >= 11 is 0. The van der Waals surface area contributed by atoms with Crippen molar-refractivity contribution in [3.8, 4) is 11.1 Å². The van der Waals surface area contributed by atoms with Gasteiger partial charge in [-0.2, -0.15) is 0 Å². The molecule has 0 saturated carbocycles. The third-order valence-electron chi connectivity index (χ3n) is 5.75. The lowest BCUT2D eigenvalue weighted by Crippen LogP contribution is -2.67. The lowest BCUT2D eigenvalue weighted by Gasteiger charge is -2.44. The number of carbonyl (C=O) groups excluding carboxylic acids is 2. The van der Waals surface area contributed by atoms with E-state index in [9.17, 15) is 39.9 Å². The predicted molar refractivity (Wildman–Crippen MR) is 122 cm³/mol. The van der Waals surface area contributed by atoms with Crippen LogP contribution in [0.3, 0.4) is 0 Å². The summed E-state index contributed by atoms with van der Waals surface area (Å²) in [6, 6.07) is 14.9. The van der Waals surface area contributed by atoms with Gasteiger partial charge in [-0.3, -0.25) is 9.59 Å². The van der Waals surface area contributed by atoms with Crippen LogP contribution in [-0.4, -0.2) is 86.1 Å². The molecule has 1 aliphatic rings. The first-order valence-electron chi connectivity index (χ1n) is 10.9. The molecule has 35 heavy (non-hydrogen) atoms. The van der Waals surface area contributed by atoms with E-state index < -0.39 is 67.0 Å². The maximum Gasteiger partial charge on any atom is 0.364 e. The Bertz CT molecular complexity index is 1050. The maximum absolute atomic E-state index is 12.5. The Labute approximate surface area is 201 Å². The highest BCUT2D eigenvalue weighted by molar-refractivity contribution is 5.94. The lowest BCUT2D eigenvalue weighted by atomic mass is 9.88. The molecule has 0 unspecified atom stereocenters. The minimum absolute atomic E-state index is 0.298. The van der Waals surface area contributed by atoms with E-state index in [2.05, 4.69) is 10.6 Å². The lowest BCUT2D eigenvalue weighted by molar-refractivity contribution is -0.294. The van der Waals surface area contributed by atoms with E-state index in [0.717, 1.165) is 18.1 Å². The van der Waals surface area contributed by atoms with E-state index in [1.807, 2.05) is 30.3 Å². The number of benzene rings is 2. The normalized spacial score (nSPS) is 25.8. The summed E-state index contributed by atoms with van der Waals surface area (Å²) < 4.78 is 5.11. The van der Waals surface area contributed by atoms with Crippen LogP contribution in [0.5, 0.6) is 0 Å². The Morgan fingerprint density at radius 1 is 1.06 bits per heavy atom. The molecule has 0 radical (unpaired) electrons. The minimum Gasteiger partial charge on any atom is -0.477 e. The molecular weight excluding hydrogens is 460 g/mol. The summed E-state index contributed by atoms with van der Waals surface area (Å²) in [4.78, 5) is 35.4. The minimum atomic E-state index is -2.84. The van der Waals surface area contributed by atoms with Gasteiger partial charge in [-0.15, -0.1) is 0 Å². The molecule has 2 aromatic rings. The number of carboxylic acid groups (broad SMARTS) is 1. The van der Waals surface area contributed by atoms with Gasteiger partial charge in [0.15, 0.2) is 0 Å². The number of hydrogen-bond acceptors (Lipinski definition) is 8. The summed E-state index contributed by atoms with van der Waals surface area (Å²) in [5, 5.41) is 55.6. The Morgan fingerprint density at radius 2 is 1.66 bits per heavy atom. The highest BCUT2D eigenvalue weighted by atomic mass is 16.7. The molecule has 3 rings (SSSR count). The number of rotatable bonds is 8. The van der Waals surface area contributed by atoms with Gasteiger partial charge in [0, 0.05) is 25.5 Å². The molecule has 11 nitrogen and oxygen atoms in total. The third kappa shape index (κ3) is 6.21. The number of carboxylic acids is 1. The van der Waals surface area contributed by atoms with Gasteiger partial charge in [0.2, 0.25) is 5.91 Å². The van der Waals surface area contributed by atoms with Crippen molar-refractivity contribution in [3.63, 3.8) is 0 Å². The van der Waals surface area contributed by atoms with Gasteiger partial charge in [-0.05, 0) is 23.3 Å². The number of aliphatic hydroxyl groups excluding tert-OH is 3. The zero-order chi connectivity index (χ0) is 25.8. The summed E-state index contributed by atoms with van der Waals surface area (Å²) in [6.45, 7) is 0.669. The SMILES string of the molecule is CC(=O)N[C@H]1[C@H]([C@H](O)[C@H](O)CNC(=O)c2ccc(-c3ccccc3)cc2)O[C@@](O)(C(=O)O)C[C@@H]1O. The van der Waals surface area contributed by atoms with Crippen molar-refractivity contribution in [2.24, 2.45) is 0 Å². The molecule has 188 valence electrons. The fourth-order valence-electron chi connectivity index (χ4n) is 3.89. The van der Waals surface area contributed by atoms with E-state index in [4.69, 9.17) is 4.74 Å². The van der Waals surface area contributed by atoms with Crippen LogP contribution in [0.15, 0.2) is 54.6 Å². The number of carbonyl (C=O) groups is 3. The molecule has 0 spiro atoms. The van der Waals surface area contributed by atoms with Crippen molar-refractivity contribution in [1.29, 1.82) is 0 Å². The first-order chi connectivity index (χ1) is 16.5. The van der Waals surface area contributed by atoms with Crippen molar-refractivity contribution >= 4 is 17.8 Å². The van der Waals surface area contributed by atoms with Gasteiger partial charge < -0.3 is 40.9 Å². The highest BCUT2D eigenvalue weighted by Gasteiger charge is 2.53. The first kappa shape index (κ1) is 26.3. The van der Waals surface area contributed by atoms with Crippen LogP contribution >= 0.6 is 0 Å². The Balaban J connectivity index is 1.66. The number of ether oxygens (including phenoxy) is 1. The van der Waals surface area contributed by atoms with Crippen molar-refractivity contribution in [2.45, 2.75) is 49.6 Å². The number of nitrogens with one attached hydrogen (secondary N) is 2. The molecule has 0 aliphatic carbocycles. The van der Waals surface area contributed by atoms with Crippen molar-refractivity contribution in [2.75, 3.05) is 6.54 Å². The Morgan fingerprint density at radius 3 is 2.23 bits per heavy atom. The summed E-state index contributed by atoms with van der Waals surface area (Å²) in [5.74, 6) is -5.81. The fourth-order valence-corrected chi connectivity index (χ4v) is 3.89. The van der Waals surface area contributed by atoms with Crippen molar-refractivity contribution < 1.29 is 44.7 Å². The highest BCUT2D eigenvalue weighted by Crippen LogP contribution is 2.30. The van der Waals surface area contributed by atoms with Crippen LogP contribution in [-0.2, 0) is 14.3 Å². The summed E-state index contributed by atoms with van der Waals surface area (Å²) in [6.07, 6.45) is -7.64. The van der Waals surface area contributed by atoms with E-state index in [0.29, 0.717) is 5.56 Å². The molecule has 1 aliphatic heterocycles. The second-order valence-corrected chi connectivity index (χ2v) is 8.38. The van der Waals surface area contributed by atoms with E-state index >= 15 is 0 Å². The molecule has 1 fully saturated rings. The number of hydrogen-bond donors (Lipinski definition) is 7. The summed E-state index contributed by atoms with van der Waals surface area (Å²) in [7, 11) is 0. The Kier molecular flexibility index (Phi) is 8.20. The monoisotopic (exact) mass is 488 g/mol. The molecule has 1 heterocycles. The second-order valence-electron chi connectivity index (χ2n) is 8.38. The van der Waals surface area contributed by atoms with Gasteiger partial charge >= 0.3 is 5.97 Å². The predicted octanol–water partition coefficient (Wildman–Crippen LogP) is -0.767. The van der Waals surface area contributed by atoms with Crippen LogP contribution in [0, 0.1) is 0 Å². The standard InChI is InChI=1S/C24H28N2O9/c1-13(27)26-19-17(28)11-24(34,23(32)33)35-21(19)20(30)18(29)12-25-22(31)16-9-7-15(8-10-16)14-5-3-2-4-6-14/h2-10,17-21,28-30,34H,11-12H2,1H3,(H,25,31)(H,26,27)(H,32,33)/t17-,18+,19+,20+,21+,24+/m0/s1. The Hall–Kier alpha value is -3.35. The molecule has 2 amide bonds. The van der Waals surface area contributed by atoms with Crippen LogP contribution in [0.4, 0.5) is 0 Å². The number of amides is 2. The molecule has 0 aromatic heterocycles. The second kappa shape index (κ2) is 10.9. The number of aliphatic hydroxyl groups is 4. The smallest absolute Gasteiger partial charge is 0.364 e. The molecule has 11 heteroatoms. The van der Waals surface area contributed by atoms with Gasteiger partial charge in [0.05, 0.1) is 18.2 Å². The van der Waals surface area contributed by atoms with Gasteiger partial charge in [0.25, 0.3) is 11.7 Å². The quantitative estimate of drug-likeness (QED) is 0.251. The van der Waals surface area contributed by atoms with Crippen LogP contribution in [0.1, 0.15) is 23.7 Å². The molecule has 0 bridgehead atoms. The topological polar surface area (TPSA) is 186 Å². The maximum atomic E-state index is 12.5. The van der Waals surface area contributed by atoms with Crippen molar-refractivity contribution in [3.05, 3.63) is 60.2 Å².